The average Bonchev–Trinajstić information content (AvgIpc) is 3.65. The van der Waals surface area contributed by atoms with Crippen LogP contribution in [-0.2, 0) is 14.9 Å². The number of ether oxygens (including phenoxy) is 1. The molecule has 0 aliphatic heterocycles. The van der Waals surface area contributed by atoms with Gasteiger partial charge in [0.25, 0.3) is 10.1 Å². The predicted octanol–water partition coefficient (Wildman–Crippen LogP) is 5.58. The van der Waals surface area contributed by atoms with Crippen molar-refractivity contribution in [2.24, 2.45) is 65.1 Å². The molecule has 35 heavy (non-hydrogen) atoms. The number of carbonyl (C=O) groups excluding carboxylic acids is 1. The summed E-state index contributed by atoms with van der Waals surface area (Å²) in [6.07, 6.45) is 9.28. The molecule has 0 heterocycles. The zero-order valence-electron chi connectivity index (χ0n) is 19.8. The summed E-state index contributed by atoms with van der Waals surface area (Å²) in [6.45, 7) is 0. The molecule has 0 saturated heterocycles. The number of hydrogen-bond acceptors (Lipinski definition) is 4. The molecule has 2 aromatic rings. The second-order valence-electron chi connectivity index (χ2n) is 12.6. The predicted molar refractivity (Wildman–Crippen MR) is 130 cm³/mol. The second kappa shape index (κ2) is 7.10. The molecule has 184 valence electrons. The molecule has 7 aliphatic rings. The monoisotopic (exact) mass is 492 g/mol. The van der Waals surface area contributed by atoms with Crippen molar-refractivity contribution >= 4 is 26.9 Å². The summed E-state index contributed by atoms with van der Waals surface area (Å²) in [5, 5.41) is 0.930. The molecule has 6 bridgehead atoms. The topological polar surface area (TPSA) is 80.7 Å². The van der Waals surface area contributed by atoms with Gasteiger partial charge in [0.1, 0.15) is 10.6 Å². The Bertz CT molecular complexity index is 1320. The molecule has 0 spiro atoms. The van der Waals surface area contributed by atoms with Crippen LogP contribution in [0.25, 0.3) is 10.8 Å². The van der Waals surface area contributed by atoms with E-state index >= 15 is 0 Å². The molecule has 1 N–H and O–H groups in total. The maximum Gasteiger partial charge on any atom is 0.314 e. The van der Waals surface area contributed by atoms with E-state index in [0.717, 1.165) is 41.9 Å². The highest BCUT2D eigenvalue weighted by molar-refractivity contribution is 7.86. The number of esters is 1. The Hall–Kier alpha value is -1.92. The molecule has 7 fully saturated rings. The zero-order valence-corrected chi connectivity index (χ0v) is 20.6. The normalized spacial score (nSPS) is 44.5. The summed E-state index contributed by atoms with van der Waals surface area (Å²) in [5.41, 5.74) is 0. The molecule has 0 amide bonds. The Kier molecular flexibility index (Phi) is 4.30. The summed E-state index contributed by atoms with van der Waals surface area (Å²) >= 11 is 0. The summed E-state index contributed by atoms with van der Waals surface area (Å²) in [6, 6.07) is 9.83. The molecule has 9 atom stereocenters. The van der Waals surface area contributed by atoms with Crippen molar-refractivity contribution in [3.63, 3.8) is 0 Å². The van der Waals surface area contributed by atoms with Crippen LogP contribution in [0, 0.1) is 65.1 Å². The average molecular weight is 493 g/mol. The molecule has 7 saturated carbocycles. The molecule has 9 rings (SSSR count). The third-order valence-corrected chi connectivity index (χ3v) is 12.5. The molecule has 2 aromatic carbocycles. The minimum Gasteiger partial charge on any atom is -0.426 e. The van der Waals surface area contributed by atoms with Crippen molar-refractivity contribution in [2.45, 2.75) is 49.8 Å². The van der Waals surface area contributed by atoms with E-state index in [9.17, 15) is 17.8 Å². The van der Waals surface area contributed by atoms with Crippen LogP contribution in [0.4, 0.5) is 0 Å². The fourth-order valence-corrected chi connectivity index (χ4v) is 11.7. The number of carbonyl (C=O) groups is 1. The number of hydrogen-bond donors (Lipinski definition) is 1. The van der Waals surface area contributed by atoms with Gasteiger partial charge in [-0.1, -0.05) is 24.3 Å². The van der Waals surface area contributed by atoms with Crippen LogP contribution in [0.3, 0.4) is 0 Å². The Balaban J connectivity index is 1.16. The van der Waals surface area contributed by atoms with E-state index in [4.69, 9.17) is 4.74 Å². The highest BCUT2D eigenvalue weighted by atomic mass is 32.2. The van der Waals surface area contributed by atoms with Gasteiger partial charge in [0.15, 0.2) is 0 Å². The maximum absolute atomic E-state index is 13.9. The number of rotatable bonds is 3. The van der Waals surface area contributed by atoms with Gasteiger partial charge in [0.05, 0.1) is 5.92 Å². The lowest BCUT2D eigenvalue weighted by Gasteiger charge is -2.62. The Labute approximate surface area is 206 Å². The van der Waals surface area contributed by atoms with Crippen LogP contribution in [0.5, 0.6) is 5.75 Å². The van der Waals surface area contributed by atoms with Gasteiger partial charge in [-0.3, -0.25) is 9.35 Å². The van der Waals surface area contributed by atoms with Gasteiger partial charge in [-0.15, -0.1) is 0 Å². The molecule has 7 aliphatic carbocycles. The standard InChI is InChI=1S/C29H32O5S/c30-29(34-22-9-10-23(35(31,32)33)19-4-2-1-3-18(19)22)21-13-20-24-14-5-7-16(11-14)26(24)28(21)27-17-8-6-15(12-17)25(20)27/h1-4,9-10,14-17,20-21,24-28H,5-8,11-13H2,(H,31,32,33). The van der Waals surface area contributed by atoms with E-state index in [0.29, 0.717) is 40.2 Å². The van der Waals surface area contributed by atoms with Crippen molar-refractivity contribution in [3.05, 3.63) is 36.4 Å². The Morgan fingerprint density at radius 3 is 1.91 bits per heavy atom. The smallest absolute Gasteiger partial charge is 0.314 e. The quantitative estimate of drug-likeness (QED) is 0.344. The first kappa shape index (κ1) is 21.2. The van der Waals surface area contributed by atoms with Crippen molar-refractivity contribution in [2.75, 3.05) is 0 Å². The molecule has 6 heteroatoms. The second-order valence-corrected chi connectivity index (χ2v) is 14.0. The number of fused-ring (bicyclic) bond motifs is 6. The first-order valence-electron chi connectivity index (χ1n) is 13.6. The van der Waals surface area contributed by atoms with Crippen LogP contribution in [0.15, 0.2) is 41.3 Å². The highest BCUT2D eigenvalue weighted by Crippen LogP contribution is 2.75. The molecular formula is C29H32O5S. The van der Waals surface area contributed by atoms with E-state index in [1.54, 1.807) is 24.3 Å². The minimum absolute atomic E-state index is 0.0405. The fourth-order valence-electron chi connectivity index (χ4n) is 11.0. The Morgan fingerprint density at radius 2 is 1.31 bits per heavy atom. The first-order chi connectivity index (χ1) is 16.9. The lowest BCUT2D eigenvalue weighted by atomic mass is 9.42. The molecule has 0 radical (unpaired) electrons. The van der Waals surface area contributed by atoms with E-state index in [1.807, 2.05) is 0 Å². The van der Waals surface area contributed by atoms with E-state index in [2.05, 4.69) is 0 Å². The van der Waals surface area contributed by atoms with Crippen LogP contribution in [-0.4, -0.2) is 18.9 Å². The van der Waals surface area contributed by atoms with Gasteiger partial charge in [-0.05, 0) is 116 Å². The van der Waals surface area contributed by atoms with Crippen molar-refractivity contribution in [3.8, 4) is 5.75 Å². The van der Waals surface area contributed by atoms with Crippen molar-refractivity contribution < 1.29 is 22.5 Å². The summed E-state index contributed by atoms with van der Waals surface area (Å²) in [7, 11) is -4.37. The van der Waals surface area contributed by atoms with E-state index in [-0.39, 0.29) is 16.8 Å². The molecule has 0 aromatic heterocycles. The van der Waals surface area contributed by atoms with Crippen molar-refractivity contribution in [1.82, 2.24) is 0 Å². The third-order valence-electron chi connectivity index (χ3n) is 11.6. The third kappa shape index (κ3) is 2.79. The van der Waals surface area contributed by atoms with Gasteiger partial charge >= 0.3 is 5.97 Å². The minimum atomic E-state index is -4.37. The first-order valence-corrected chi connectivity index (χ1v) is 15.0. The van der Waals surface area contributed by atoms with E-state index < -0.39 is 10.1 Å². The van der Waals surface area contributed by atoms with Crippen LogP contribution < -0.4 is 4.74 Å². The van der Waals surface area contributed by atoms with Gasteiger partial charge in [0, 0.05) is 10.8 Å². The van der Waals surface area contributed by atoms with Crippen LogP contribution >= 0.6 is 0 Å². The largest absolute Gasteiger partial charge is 0.426 e. The lowest BCUT2D eigenvalue weighted by Crippen LogP contribution is -2.59. The molecule has 9 unspecified atom stereocenters. The molecular weight excluding hydrogens is 460 g/mol. The summed E-state index contributed by atoms with van der Waals surface area (Å²) in [5.74, 6) is 7.92. The summed E-state index contributed by atoms with van der Waals surface area (Å²) in [4.78, 5) is 13.7. The van der Waals surface area contributed by atoms with Gasteiger partial charge < -0.3 is 4.74 Å². The lowest BCUT2D eigenvalue weighted by molar-refractivity contribution is -0.174. The van der Waals surface area contributed by atoms with Gasteiger partial charge in [-0.2, -0.15) is 8.42 Å². The molecule has 5 nitrogen and oxygen atoms in total. The fraction of sp³-hybridized carbons (Fsp3) is 0.621. The number of benzene rings is 2. The SMILES string of the molecule is O=C(Oc1ccc(S(=O)(=O)O)c2ccccc12)C1CC2C3C4CCC(C4)C3C1C1C3CCC(C3)C21. The van der Waals surface area contributed by atoms with E-state index in [1.165, 1.54) is 50.7 Å². The maximum atomic E-state index is 13.9. The zero-order chi connectivity index (χ0) is 23.6. The van der Waals surface area contributed by atoms with Crippen LogP contribution in [0.1, 0.15) is 44.9 Å². The van der Waals surface area contributed by atoms with Gasteiger partial charge in [-0.25, -0.2) is 0 Å². The van der Waals surface area contributed by atoms with Gasteiger partial charge in [0.2, 0.25) is 0 Å². The summed E-state index contributed by atoms with van der Waals surface area (Å²) < 4.78 is 39.6. The highest BCUT2D eigenvalue weighted by Gasteiger charge is 2.70. The van der Waals surface area contributed by atoms with Crippen LogP contribution in [0.2, 0.25) is 0 Å². The Morgan fingerprint density at radius 1 is 0.743 bits per heavy atom. The van der Waals surface area contributed by atoms with Crippen molar-refractivity contribution in [1.29, 1.82) is 0 Å².